The smallest absolute Gasteiger partial charge is 0.129 e. The Morgan fingerprint density at radius 1 is 1.44 bits per heavy atom. The number of aryl methyl sites for hydroxylation is 1. The first-order valence-corrected chi connectivity index (χ1v) is 6.71. The van der Waals surface area contributed by atoms with Gasteiger partial charge in [0.15, 0.2) is 0 Å². The molecule has 1 aliphatic rings. The molecule has 5 heteroatoms. The van der Waals surface area contributed by atoms with E-state index in [1.165, 1.54) is 0 Å². The van der Waals surface area contributed by atoms with E-state index in [0.717, 1.165) is 44.8 Å². The first kappa shape index (κ1) is 13.5. The Labute approximate surface area is 109 Å². The van der Waals surface area contributed by atoms with Gasteiger partial charge in [-0.2, -0.15) is 0 Å². The van der Waals surface area contributed by atoms with Crippen LogP contribution in [0.1, 0.15) is 32.5 Å². The molecule has 1 aliphatic heterocycles. The molecule has 1 saturated heterocycles. The largest absolute Gasteiger partial charge is 0.393 e. The second kappa shape index (κ2) is 5.36. The van der Waals surface area contributed by atoms with E-state index >= 15 is 0 Å². The lowest BCUT2D eigenvalue weighted by Gasteiger charge is -2.29. The van der Waals surface area contributed by atoms with Crippen LogP contribution >= 0.6 is 0 Å². The second-order valence-electron chi connectivity index (χ2n) is 6.16. The van der Waals surface area contributed by atoms with E-state index in [9.17, 15) is 5.11 Å². The SMILES string of the molecule is Cc1nncn1CCN1CC[C@H](O)CC(C)(C)C1. The van der Waals surface area contributed by atoms with E-state index in [1.807, 2.05) is 6.92 Å². The molecule has 1 aromatic rings. The zero-order valence-electron chi connectivity index (χ0n) is 11.6. The minimum atomic E-state index is -0.151. The summed E-state index contributed by atoms with van der Waals surface area (Å²) in [4.78, 5) is 2.44. The van der Waals surface area contributed by atoms with Crippen molar-refractivity contribution in [1.29, 1.82) is 0 Å². The van der Waals surface area contributed by atoms with Crippen molar-refractivity contribution in [3.63, 3.8) is 0 Å². The number of aliphatic hydroxyl groups excluding tert-OH is 1. The van der Waals surface area contributed by atoms with Gasteiger partial charge >= 0.3 is 0 Å². The summed E-state index contributed by atoms with van der Waals surface area (Å²) in [7, 11) is 0. The minimum absolute atomic E-state index is 0.151. The molecule has 1 aromatic heterocycles. The summed E-state index contributed by atoms with van der Waals surface area (Å²) < 4.78 is 2.08. The fourth-order valence-electron chi connectivity index (χ4n) is 2.79. The first-order chi connectivity index (χ1) is 8.46. The molecule has 5 nitrogen and oxygen atoms in total. The topological polar surface area (TPSA) is 54.2 Å². The van der Waals surface area contributed by atoms with Crippen LogP contribution in [0, 0.1) is 12.3 Å². The molecule has 18 heavy (non-hydrogen) atoms. The highest BCUT2D eigenvalue weighted by Gasteiger charge is 2.28. The Morgan fingerprint density at radius 2 is 2.22 bits per heavy atom. The maximum Gasteiger partial charge on any atom is 0.129 e. The van der Waals surface area contributed by atoms with Crippen molar-refractivity contribution in [3.05, 3.63) is 12.2 Å². The number of hydrogen-bond donors (Lipinski definition) is 1. The summed E-state index contributed by atoms with van der Waals surface area (Å²) in [6, 6.07) is 0. The molecule has 2 heterocycles. The number of rotatable bonds is 3. The summed E-state index contributed by atoms with van der Waals surface area (Å²) in [6.07, 6.45) is 3.41. The monoisotopic (exact) mass is 252 g/mol. The van der Waals surface area contributed by atoms with Crippen LogP contribution in [0.2, 0.25) is 0 Å². The van der Waals surface area contributed by atoms with Crippen molar-refractivity contribution in [2.45, 2.75) is 46.3 Å². The third kappa shape index (κ3) is 3.53. The van der Waals surface area contributed by atoms with Crippen molar-refractivity contribution in [2.75, 3.05) is 19.6 Å². The molecule has 0 aromatic carbocycles. The van der Waals surface area contributed by atoms with Crippen LogP contribution in [-0.4, -0.2) is 50.5 Å². The average molecular weight is 252 g/mol. The number of nitrogens with zero attached hydrogens (tertiary/aromatic N) is 4. The Hall–Kier alpha value is -0.940. The van der Waals surface area contributed by atoms with E-state index < -0.39 is 0 Å². The van der Waals surface area contributed by atoms with Gasteiger partial charge in [0.05, 0.1) is 6.10 Å². The summed E-state index contributed by atoms with van der Waals surface area (Å²) >= 11 is 0. The van der Waals surface area contributed by atoms with Crippen molar-refractivity contribution in [2.24, 2.45) is 5.41 Å². The Kier molecular flexibility index (Phi) is 4.02. The zero-order chi connectivity index (χ0) is 13.2. The van der Waals surface area contributed by atoms with E-state index in [1.54, 1.807) is 6.33 Å². The summed E-state index contributed by atoms with van der Waals surface area (Å²) in [5.41, 5.74) is 0.193. The Bertz CT molecular complexity index is 388. The van der Waals surface area contributed by atoms with Crippen LogP contribution in [0.25, 0.3) is 0 Å². The maximum atomic E-state index is 9.89. The number of aliphatic hydroxyl groups is 1. The van der Waals surface area contributed by atoms with E-state index in [0.29, 0.717) is 0 Å². The van der Waals surface area contributed by atoms with Crippen LogP contribution in [0.3, 0.4) is 0 Å². The molecule has 0 aliphatic carbocycles. The predicted molar refractivity (Wildman–Crippen MR) is 70.2 cm³/mol. The van der Waals surface area contributed by atoms with Gasteiger partial charge in [0, 0.05) is 26.2 Å². The maximum absolute atomic E-state index is 9.89. The van der Waals surface area contributed by atoms with Crippen LogP contribution < -0.4 is 0 Å². The molecule has 2 rings (SSSR count). The lowest BCUT2D eigenvalue weighted by atomic mass is 9.87. The highest BCUT2D eigenvalue weighted by Crippen LogP contribution is 2.28. The molecule has 0 unspecified atom stereocenters. The fourth-order valence-corrected chi connectivity index (χ4v) is 2.79. The molecular weight excluding hydrogens is 228 g/mol. The highest BCUT2D eigenvalue weighted by molar-refractivity contribution is 4.84. The van der Waals surface area contributed by atoms with Crippen molar-refractivity contribution < 1.29 is 5.11 Å². The Balaban J connectivity index is 1.91. The Morgan fingerprint density at radius 3 is 2.89 bits per heavy atom. The summed E-state index contributed by atoms with van der Waals surface area (Å²) in [5.74, 6) is 0.962. The van der Waals surface area contributed by atoms with Gasteiger partial charge in [-0.3, -0.25) is 0 Å². The molecule has 1 atom stereocenters. The van der Waals surface area contributed by atoms with Gasteiger partial charge in [-0.25, -0.2) is 0 Å². The average Bonchev–Trinajstić information content (AvgIpc) is 2.61. The standard InChI is InChI=1S/C13H24N4O/c1-11-15-14-10-17(11)7-6-16-5-4-12(18)8-13(2,3)9-16/h10,12,18H,4-9H2,1-3H3/t12-/m0/s1. The van der Waals surface area contributed by atoms with Crippen LogP contribution in [0.5, 0.6) is 0 Å². The molecule has 1 N–H and O–H groups in total. The molecule has 1 fully saturated rings. The molecule has 0 bridgehead atoms. The quantitative estimate of drug-likeness (QED) is 0.874. The molecule has 0 saturated carbocycles. The van der Waals surface area contributed by atoms with Gasteiger partial charge < -0.3 is 14.6 Å². The van der Waals surface area contributed by atoms with Crippen molar-refractivity contribution >= 4 is 0 Å². The predicted octanol–water partition coefficient (Wildman–Crippen LogP) is 1.07. The zero-order valence-corrected chi connectivity index (χ0v) is 11.6. The van der Waals surface area contributed by atoms with Crippen LogP contribution in [-0.2, 0) is 6.54 Å². The van der Waals surface area contributed by atoms with Gasteiger partial charge in [-0.15, -0.1) is 10.2 Å². The van der Waals surface area contributed by atoms with Gasteiger partial charge in [0.1, 0.15) is 12.2 Å². The van der Waals surface area contributed by atoms with Gasteiger partial charge in [0.25, 0.3) is 0 Å². The van der Waals surface area contributed by atoms with Crippen LogP contribution in [0.15, 0.2) is 6.33 Å². The second-order valence-corrected chi connectivity index (χ2v) is 6.16. The molecule has 0 spiro atoms. The lowest BCUT2D eigenvalue weighted by molar-refractivity contribution is 0.121. The van der Waals surface area contributed by atoms with Crippen molar-refractivity contribution in [3.8, 4) is 0 Å². The molecular formula is C13H24N4O. The molecule has 0 radical (unpaired) electrons. The summed E-state index contributed by atoms with van der Waals surface area (Å²) in [5, 5.41) is 17.8. The van der Waals surface area contributed by atoms with Crippen molar-refractivity contribution in [1.82, 2.24) is 19.7 Å². The molecule has 0 amide bonds. The number of hydrogen-bond acceptors (Lipinski definition) is 4. The number of likely N-dealkylation sites (tertiary alicyclic amines) is 1. The fraction of sp³-hybridized carbons (Fsp3) is 0.846. The van der Waals surface area contributed by atoms with Gasteiger partial charge in [-0.1, -0.05) is 13.8 Å². The highest BCUT2D eigenvalue weighted by atomic mass is 16.3. The molecule has 102 valence electrons. The van der Waals surface area contributed by atoms with Gasteiger partial charge in [-0.05, 0) is 25.2 Å². The van der Waals surface area contributed by atoms with Crippen LogP contribution in [0.4, 0.5) is 0 Å². The van der Waals surface area contributed by atoms with E-state index in [4.69, 9.17) is 0 Å². The first-order valence-electron chi connectivity index (χ1n) is 6.71. The normalized spacial score (nSPS) is 25.0. The van der Waals surface area contributed by atoms with Gasteiger partial charge in [0.2, 0.25) is 0 Å². The third-order valence-electron chi connectivity index (χ3n) is 3.68. The minimum Gasteiger partial charge on any atom is -0.393 e. The summed E-state index contributed by atoms with van der Waals surface area (Å²) in [6.45, 7) is 10.4. The third-order valence-corrected chi connectivity index (χ3v) is 3.68. The lowest BCUT2D eigenvalue weighted by Crippen LogP contribution is -2.35. The van der Waals surface area contributed by atoms with E-state index in [-0.39, 0.29) is 11.5 Å². The van der Waals surface area contributed by atoms with E-state index in [2.05, 4.69) is 33.5 Å². The number of aromatic nitrogens is 3.